The SMILES string of the molecule is Cc1cccc(C)c1CC(O)c1c(F)cccc1F. The van der Waals surface area contributed by atoms with E-state index in [0.29, 0.717) is 0 Å². The van der Waals surface area contributed by atoms with Gasteiger partial charge in [0.25, 0.3) is 0 Å². The van der Waals surface area contributed by atoms with Crippen LogP contribution in [-0.4, -0.2) is 5.11 Å². The Morgan fingerprint density at radius 3 is 1.95 bits per heavy atom. The molecule has 1 nitrogen and oxygen atoms in total. The summed E-state index contributed by atoms with van der Waals surface area (Å²) in [4.78, 5) is 0. The number of halogens is 2. The van der Waals surface area contributed by atoms with Crippen LogP contribution in [0.2, 0.25) is 0 Å². The van der Waals surface area contributed by atoms with E-state index < -0.39 is 17.7 Å². The van der Waals surface area contributed by atoms with E-state index in [1.807, 2.05) is 32.0 Å². The van der Waals surface area contributed by atoms with Crippen LogP contribution in [0.5, 0.6) is 0 Å². The first kappa shape index (κ1) is 13.7. The molecular weight excluding hydrogens is 246 g/mol. The van der Waals surface area contributed by atoms with E-state index in [2.05, 4.69) is 0 Å². The normalized spacial score (nSPS) is 12.5. The minimum absolute atomic E-state index is 0.205. The van der Waals surface area contributed by atoms with Crippen LogP contribution < -0.4 is 0 Å². The summed E-state index contributed by atoms with van der Waals surface area (Å²) in [5, 5.41) is 10.1. The molecule has 2 aromatic rings. The summed E-state index contributed by atoms with van der Waals surface area (Å²) in [7, 11) is 0. The monoisotopic (exact) mass is 262 g/mol. The predicted molar refractivity (Wildman–Crippen MR) is 70.9 cm³/mol. The fourth-order valence-corrected chi connectivity index (χ4v) is 2.30. The molecule has 0 aromatic heterocycles. The highest BCUT2D eigenvalue weighted by Crippen LogP contribution is 2.26. The average molecular weight is 262 g/mol. The van der Waals surface area contributed by atoms with Crippen molar-refractivity contribution in [1.82, 2.24) is 0 Å². The van der Waals surface area contributed by atoms with E-state index in [1.165, 1.54) is 6.07 Å². The van der Waals surface area contributed by atoms with E-state index in [4.69, 9.17) is 0 Å². The molecule has 1 unspecified atom stereocenters. The van der Waals surface area contributed by atoms with Crippen molar-refractivity contribution in [1.29, 1.82) is 0 Å². The van der Waals surface area contributed by atoms with Crippen molar-refractivity contribution in [2.24, 2.45) is 0 Å². The number of benzene rings is 2. The van der Waals surface area contributed by atoms with Crippen molar-refractivity contribution in [3.63, 3.8) is 0 Å². The molecule has 0 bridgehead atoms. The van der Waals surface area contributed by atoms with Gasteiger partial charge in [-0.05, 0) is 42.7 Å². The lowest BCUT2D eigenvalue weighted by molar-refractivity contribution is 0.168. The van der Waals surface area contributed by atoms with Crippen molar-refractivity contribution in [2.75, 3.05) is 0 Å². The molecule has 100 valence electrons. The lowest BCUT2D eigenvalue weighted by Crippen LogP contribution is -2.09. The summed E-state index contributed by atoms with van der Waals surface area (Å²) < 4.78 is 27.2. The van der Waals surface area contributed by atoms with Gasteiger partial charge >= 0.3 is 0 Å². The van der Waals surface area contributed by atoms with E-state index in [1.54, 1.807) is 0 Å². The van der Waals surface area contributed by atoms with Crippen LogP contribution in [0.1, 0.15) is 28.4 Å². The maximum Gasteiger partial charge on any atom is 0.131 e. The molecule has 2 rings (SSSR count). The molecule has 0 spiro atoms. The molecule has 0 amide bonds. The number of aryl methyl sites for hydroxylation is 2. The van der Waals surface area contributed by atoms with Crippen molar-refractivity contribution >= 4 is 0 Å². The molecule has 0 fully saturated rings. The van der Waals surface area contributed by atoms with Crippen molar-refractivity contribution in [2.45, 2.75) is 26.4 Å². The van der Waals surface area contributed by atoms with Gasteiger partial charge in [-0.2, -0.15) is 0 Å². The first-order chi connectivity index (χ1) is 9.00. The molecule has 19 heavy (non-hydrogen) atoms. The van der Waals surface area contributed by atoms with E-state index >= 15 is 0 Å². The van der Waals surface area contributed by atoms with Crippen molar-refractivity contribution < 1.29 is 13.9 Å². The zero-order chi connectivity index (χ0) is 14.0. The van der Waals surface area contributed by atoms with Crippen LogP contribution in [-0.2, 0) is 6.42 Å². The molecule has 2 aromatic carbocycles. The Morgan fingerprint density at radius 2 is 1.42 bits per heavy atom. The van der Waals surface area contributed by atoms with E-state index in [9.17, 15) is 13.9 Å². The van der Waals surface area contributed by atoms with Gasteiger partial charge in [-0.3, -0.25) is 0 Å². The molecule has 1 atom stereocenters. The molecular formula is C16H16F2O. The summed E-state index contributed by atoms with van der Waals surface area (Å²) in [5.41, 5.74) is 2.69. The standard InChI is InChI=1S/C16H16F2O/c1-10-5-3-6-11(2)12(10)9-15(19)16-13(17)7-4-8-14(16)18/h3-8,15,19H,9H2,1-2H3. The lowest BCUT2D eigenvalue weighted by Gasteiger charge is -2.16. The van der Waals surface area contributed by atoms with Crippen molar-refractivity contribution in [3.8, 4) is 0 Å². The molecule has 0 saturated carbocycles. The summed E-state index contributed by atoms with van der Waals surface area (Å²) >= 11 is 0. The highest BCUT2D eigenvalue weighted by molar-refractivity contribution is 5.35. The maximum atomic E-state index is 13.6. The van der Waals surface area contributed by atoms with Crippen LogP contribution >= 0.6 is 0 Å². The Balaban J connectivity index is 2.34. The second-order valence-electron chi connectivity index (χ2n) is 4.73. The second kappa shape index (κ2) is 5.49. The maximum absolute atomic E-state index is 13.6. The third-order valence-electron chi connectivity index (χ3n) is 3.37. The summed E-state index contributed by atoms with van der Waals surface area (Å²) in [6.45, 7) is 3.85. The molecule has 0 saturated heterocycles. The summed E-state index contributed by atoms with van der Waals surface area (Å²) in [6.07, 6.45) is -0.975. The third-order valence-corrected chi connectivity index (χ3v) is 3.37. The van der Waals surface area contributed by atoms with Gasteiger partial charge in [0.2, 0.25) is 0 Å². The largest absolute Gasteiger partial charge is 0.388 e. The topological polar surface area (TPSA) is 20.2 Å². The Hall–Kier alpha value is -1.74. The van der Waals surface area contributed by atoms with Gasteiger partial charge < -0.3 is 5.11 Å². The minimum Gasteiger partial charge on any atom is -0.388 e. The zero-order valence-electron chi connectivity index (χ0n) is 11.0. The van der Waals surface area contributed by atoms with Crippen molar-refractivity contribution in [3.05, 3.63) is 70.3 Å². The highest BCUT2D eigenvalue weighted by atomic mass is 19.1. The number of hydrogen-bond donors (Lipinski definition) is 1. The molecule has 0 radical (unpaired) electrons. The number of rotatable bonds is 3. The van der Waals surface area contributed by atoms with Crippen LogP contribution in [0.3, 0.4) is 0 Å². The van der Waals surface area contributed by atoms with Gasteiger partial charge in [0.15, 0.2) is 0 Å². The molecule has 0 aliphatic rings. The number of hydrogen-bond acceptors (Lipinski definition) is 1. The minimum atomic E-state index is -1.18. The van der Waals surface area contributed by atoms with Crippen LogP contribution in [0, 0.1) is 25.5 Å². The zero-order valence-corrected chi connectivity index (χ0v) is 11.0. The van der Waals surface area contributed by atoms with E-state index in [0.717, 1.165) is 28.8 Å². The van der Waals surface area contributed by atoms with Crippen LogP contribution in [0.15, 0.2) is 36.4 Å². The van der Waals surface area contributed by atoms with Gasteiger partial charge in [0.05, 0.1) is 11.7 Å². The Labute approximate surface area is 111 Å². The van der Waals surface area contributed by atoms with Gasteiger partial charge in [-0.1, -0.05) is 24.3 Å². The molecule has 0 heterocycles. The van der Waals surface area contributed by atoms with E-state index in [-0.39, 0.29) is 12.0 Å². The molecule has 0 aliphatic heterocycles. The smallest absolute Gasteiger partial charge is 0.131 e. The fourth-order valence-electron chi connectivity index (χ4n) is 2.30. The Bertz CT molecular complexity index is 553. The Kier molecular flexibility index (Phi) is 3.96. The quantitative estimate of drug-likeness (QED) is 0.890. The highest BCUT2D eigenvalue weighted by Gasteiger charge is 2.19. The predicted octanol–water partition coefficient (Wildman–Crippen LogP) is 3.86. The molecule has 0 aliphatic carbocycles. The first-order valence-electron chi connectivity index (χ1n) is 6.17. The summed E-state index contributed by atoms with van der Waals surface area (Å²) in [6, 6.07) is 9.38. The Morgan fingerprint density at radius 1 is 0.947 bits per heavy atom. The number of aliphatic hydroxyl groups is 1. The molecule has 3 heteroatoms. The number of aliphatic hydroxyl groups excluding tert-OH is 1. The summed E-state index contributed by atoms with van der Waals surface area (Å²) in [5.74, 6) is -1.42. The third kappa shape index (κ3) is 2.82. The molecule has 1 N–H and O–H groups in total. The lowest BCUT2D eigenvalue weighted by atomic mass is 9.94. The van der Waals surface area contributed by atoms with Crippen LogP contribution in [0.4, 0.5) is 8.78 Å². The fraction of sp³-hybridized carbons (Fsp3) is 0.250. The van der Waals surface area contributed by atoms with Gasteiger partial charge in [-0.25, -0.2) is 8.78 Å². The van der Waals surface area contributed by atoms with Gasteiger partial charge in [0.1, 0.15) is 11.6 Å². The van der Waals surface area contributed by atoms with Gasteiger partial charge in [-0.15, -0.1) is 0 Å². The van der Waals surface area contributed by atoms with Crippen LogP contribution in [0.25, 0.3) is 0 Å². The van der Waals surface area contributed by atoms with Gasteiger partial charge in [0, 0.05) is 6.42 Å². The second-order valence-corrected chi connectivity index (χ2v) is 4.73. The first-order valence-corrected chi connectivity index (χ1v) is 6.17. The average Bonchev–Trinajstić information content (AvgIpc) is 2.34.